The van der Waals surface area contributed by atoms with Crippen LogP contribution >= 0.6 is 0 Å². The molecule has 0 spiro atoms. The summed E-state index contributed by atoms with van der Waals surface area (Å²) in [6.45, 7) is 5.34. The molecule has 152 valence electrons. The number of rotatable bonds is 9. The lowest BCUT2D eigenvalue weighted by Crippen LogP contribution is -2.50. The van der Waals surface area contributed by atoms with Gasteiger partial charge in [0.2, 0.25) is 0 Å². The van der Waals surface area contributed by atoms with Crippen LogP contribution in [0.2, 0.25) is 0 Å². The second-order valence-corrected chi connectivity index (χ2v) is 5.79. The summed E-state index contributed by atoms with van der Waals surface area (Å²) in [5.74, 6) is -0.0496. The largest absolute Gasteiger partial charge is 0.494 e. The maximum atomic E-state index is 12.1. The number of urea groups is 1. The monoisotopic (exact) mass is 392 g/mol. The van der Waals surface area contributed by atoms with Gasteiger partial charge in [-0.15, -0.1) is 0 Å². The van der Waals surface area contributed by atoms with E-state index in [9.17, 15) is 14.4 Å². The predicted molar refractivity (Wildman–Crippen MR) is 98.9 cm³/mol. The molecule has 9 nitrogen and oxygen atoms in total. The topological polar surface area (TPSA) is 112 Å². The zero-order chi connectivity index (χ0) is 20.5. The second kappa shape index (κ2) is 10.2. The molecule has 0 bridgehead atoms. The van der Waals surface area contributed by atoms with Gasteiger partial charge in [0.05, 0.1) is 30.5 Å². The first-order valence-corrected chi connectivity index (χ1v) is 8.93. The van der Waals surface area contributed by atoms with Crippen molar-refractivity contribution in [1.29, 1.82) is 0 Å². The van der Waals surface area contributed by atoms with E-state index in [2.05, 4.69) is 10.6 Å². The minimum atomic E-state index is -0.648. The van der Waals surface area contributed by atoms with E-state index in [0.29, 0.717) is 18.1 Å². The van der Waals surface area contributed by atoms with Crippen molar-refractivity contribution in [2.24, 2.45) is 0 Å². The van der Waals surface area contributed by atoms with E-state index in [1.807, 2.05) is 6.92 Å². The van der Waals surface area contributed by atoms with E-state index in [1.54, 1.807) is 38.1 Å². The number of nitrogens with one attached hydrogen (secondary N) is 2. The van der Waals surface area contributed by atoms with E-state index in [0.717, 1.165) is 0 Å². The van der Waals surface area contributed by atoms with Crippen LogP contribution in [-0.2, 0) is 19.1 Å². The molecule has 1 aliphatic heterocycles. The molecule has 0 fully saturated rings. The minimum absolute atomic E-state index is 0.184. The molecule has 1 aromatic rings. The first-order valence-electron chi connectivity index (χ1n) is 8.93. The SMILES string of the molecule is CCOC(=O)C1=C(COC(=O)COc2ccc(OCC)cc2)NC(=O)N[C@H]1C. The van der Waals surface area contributed by atoms with Gasteiger partial charge in [0.1, 0.15) is 18.1 Å². The number of carbonyl (C=O) groups is 3. The number of carbonyl (C=O) groups excluding carboxylic acids is 3. The maximum absolute atomic E-state index is 12.1. The minimum Gasteiger partial charge on any atom is -0.494 e. The van der Waals surface area contributed by atoms with Gasteiger partial charge in [0.25, 0.3) is 0 Å². The third-order valence-electron chi connectivity index (χ3n) is 3.73. The number of hydrogen-bond donors (Lipinski definition) is 2. The number of esters is 2. The summed E-state index contributed by atoms with van der Waals surface area (Å²) in [6, 6.07) is 5.75. The lowest BCUT2D eigenvalue weighted by molar-refractivity contribution is -0.145. The zero-order valence-electron chi connectivity index (χ0n) is 16.1. The summed E-state index contributed by atoms with van der Waals surface area (Å²) in [7, 11) is 0. The smallest absolute Gasteiger partial charge is 0.344 e. The van der Waals surface area contributed by atoms with Crippen LogP contribution in [0.25, 0.3) is 0 Å². The molecule has 2 N–H and O–H groups in total. The summed E-state index contributed by atoms with van der Waals surface area (Å²) in [6.07, 6.45) is 0. The molecule has 1 heterocycles. The number of amides is 2. The van der Waals surface area contributed by atoms with Crippen LogP contribution in [0.1, 0.15) is 20.8 Å². The molecule has 2 amide bonds. The molecular formula is C19H24N2O7. The Morgan fingerprint density at radius 3 is 2.25 bits per heavy atom. The quantitative estimate of drug-likeness (QED) is 0.613. The van der Waals surface area contributed by atoms with Gasteiger partial charge in [0, 0.05) is 0 Å². The van der Waals surface area contributed by atoms with Crippen LogP contribution in [0.3, 0.4) is 0 Å². The molecular weight excluding hydrogens is 368 g/mol. The number of ether oxygens (including phenoxy) is 4. The van der Waals surface area contributed by atoms with Gasteiger partial charge in [-0.1, -0.05) is 0 Å². The van der Waals surface area contributed by atoms with Crippen LogP contribution in [0.15, 0.2) is 35.5 Å². The first-order chi connectivity index (χ1) is 13.4. The van der Waals surface area contributed by atoms with Gasteiger partial charge in [-0.05, 0) is 45.0 Å². The summed E-state index contributed by atoms with van der Waals surface area (Å²) in [5.41, 5.74) is 0.394. The number of hydrogen-bond acceptors (Lipinski definition) is 7. The van der Waals surface area contributed by atoms with Crippen LogP contribution in [0.4, 0.5) is 4.79 Å². The lowest BCUT2D eigenvalue weighted by Gasteiger charge is -2.26. The highest BCUT2D eigenvalue weighted by atomic mass is 16.6. The Morgan fingerprint density at radius 2 is 1.64 bits per heavy atom. The Labute approximate surface area is 163 Å². The highest BCUT2D eigenvalue weighted by Crippen LogP contribution is 2.18. The molecule has 0 aromatic heterocycles. The van der Waals surface area contributed by atoms with Crippen molar-refractivity contribution < 1.29 is 33.3 Å². The molecule has 2 rings (SSSR count). The lowest BCUT2D eigenvalue weighted by atomic mass is 10.0. The third kappa shape index (κ3) is 5.90. The van der Waals surface area contributed by atoms with E-state index >= 15 is 0 Å². The van der Waals surface area contributed by atoms with Gasteiger partial charge in [-0.3, -0.25) is 0 Å². The molecule has 0 saturated carbocycles. The third-order valence-corrected chi connectivity index (χ3v) is 3.73. The fraction of sp³-hybridized carbons (Fsp3) is 0.421. The number of benzene rings is 1. The van der Waals surface area contributed by atoms with Crippen molar-refractivity contribution in [3.05, 3.63) is 35.5 Å². The van der Waals surface area contributed by atoms with E-state index in [4.69, 9.17) is 18.9 Å². The van der Waals surface area contributed by atoms with Crippen molar-refractivity contribution in [2.45, 2.75) is 26.8 Å². The molecule has 28 heavy (non-hydrogen) atoms. The average molecular weight is 392 g/mol. The highest BCUT2D eigenvalue weighted by Gasteiger charge is 2.30. The standard InChI is InChI=1S/C19H24N2O7/c1-4-25-13-6-8-14(9-7-13)27-11-16(22)28-10-15-17(18(23)26-5-2)12(3)20-19(24)21-15/h6-9,12H,4-5,10-11H2,1-3H3,(H2,20,21,24)/t12-/m0/s1. The second-order valence-electron chi connectivity index (χ2n) is 5.79. The van der Waals surface area contributed by atoms with Crippen LogP contribution < -0.4 is 20.1 Å². The van der Waals surface area contributed by atoms with Crippen molar-refractivity contribution in [3.8, 4) is 11.5 Å². The molecule has 0 unspecified atom stereocenters. The Balaban J connectivity index is 1.92. The molecule has 9 heteroatoms. The zero-order valence-corrected chi connectivity index (χ0v) is 16.1. The Morgan fingerprint density at radius 1 is 1.00 bits per heavy atom. The Kier molecular flexibility index (Phi) is 7.67. The molecule has 1 atom stereocenters. The van der Waals surface area contributed by atoms with E-state index in [-0.39, 0.29) is 31.1 Å². The van der Waals surface area contributed by atoms with Crippen LogP contribution in [-0.4, -0.2) is 50.4 Å². The van der Waals surface area contributed by atoms with Gasteiger partial charge < -0.3 is 29.6 Å². The molecule has 0 saturated heterocycles. The Hall–Kier alpha value is -3.23. The molecule has 0 radical (unpaired) electrons. The normalized spacial score (nSPS) is 16.0. The van der Waals surface area contributed by atoms with Gasteiger partial charge >= 0.3 is 18.0 Å². The molecule has 0 aliphatic carbocycles. The van der Waals surface area contributed by atoms with Gasteiger partial charge in [-0.2, -0.15) is 0 Å². The fourth-order valence-corrected chi connectivity index (χ4v) is 2.53. The first kappa shape index (κ1) is 21.1. The highest BCUT2D eigenvalue weighted by molar-refractivity contribution is 5.94. The average Bonchev–Trinajstić information content (AvgIpc) is 2.65. The summed E-state index contributed by atoms with van der Waals surface area (Å²) in [4.78, 5) is 35.7. The van der Waals surface area contributed by atoms with Gasteiger partial charge in [-0.25, -0.2) is 14.4 Å². The van der Waals surface area contributed by atoms with Crippen molar-refractivity contribution in [3.63, 3.8) is 0 Å². The van der Waals surface area contributed by atoms with E-state index < -0.39 is 24.0 Å². The van der Waals surface area contributed by atoms with Crippen LogP contribution in [0, 0.1) is 0 Å². The van der Waals surface area contributed by atoms with E-state index in [1.165, 1.54) is 0 Å². The molecule has 1 aromatic carbocycles. The Bertz CT molecular complexity index is 743. The summed E-state index contributed by atoms with van der Waals surface area (Å²) in [5, 5.41) is 5.04. The van der Waals surface area contributed by atoms with Crippen molar-refractivity contribution in [1.82, 2.24) is 10.6 Å². The van der Waals surface area contributed by atoms with Gasteiger partial charge in [0.15, 0.2) is 6.61 Å². The van der Waals surface area contributed by atoms with Crippen molar-refractivity contribution in [2.75, 3.05) is 26.4 Å². The van der Waals surface area contributed by atoms with Crippen LogP contribution in [0.5, 0.6) is 11.5 Å². The summed E-state index contributed by atoms with van der Waals surface area (Å²) < 4.78 is 20.8. The summed E-state index contributed by atoms with van der Waals surface area (Å²) >= 11 is 0. The molecule has 1 aliphatic rings. The van der Waals surface area contributed by atoms with Crippen molar-refractivity contribution >= 4 is 18.0 Å². The fourth-order valence-electron chi connectivity index (χ4n) is 2.53. The predicted octanol–water partition coefficient (Wildman–Crippen LogP) is 1.53. The maximum Gasteiger partial charge on any atom is 0.344 e.